The average Bonchev–Trinajstić information content (AvgIpc) is 3.06. The zero-order valence-corrected chi connectivity index (χ0v) is 14.0. The van der Waals surface area contributed by atoms with E-state index < -0.39 is 0 Å². The van der Waals surface area contributed by atoms with Crippen molar-refractivity contribution in [3.05, 3.63) is 54.4 Å². The quantitative estimate of drug-likeness (QED) is 0.565. The van der Waals surface area contributed by atoms with E-state index in [2.05, 4.69) is 16.5 Å². The Labute approximate surface area is 138 Å². The summed E-state index contributed by atoms with van der Waals surface area (Å²) in [7, 11) is 0. The van der Waals surface area contributed by atoms with Crippen LogP contribution in [0.2, 0.25) is 0 Å². The molecule has 0 fully saturated rings. The highest BCUT2D eigenvalue weighted by molar-refractivity contribution is 5.16. The van der Waals surface area contributed by atoms with Crippen LogP contribution in [0, 0.1) is 5.82 Å². The van der Waals surface area contributed by atoms with Gasteiger partial charge in [-0.2, -0.15) is 0 Å². The van der Waals surface area contributed by atoms with Gasteiger partial charge in [0, 0.05) is 25.5 Å². The molecule has 2 rings (SSSR count). The first-order chi connectivity index (χ1) is 11.3. The van der Waals surface area contributed by atoms with Gasteiger partial charge in [0.2, 0.25) is 0 Å². The van der Waals surface area contributed by atoms with E-state index in [1.807, 2.05) is 24.7 Å². The molecule has 0 radical (unpaired) electrons. The van der Waals surface area contributed by atoms with E-state index in [9.17, 15) is 4.39 Å². The van der Waals surface area contributed by atoms with E-state index in [-0.39, 0.29) is 11.9 Å². The summed E-state index contributed by atoms with van der Waals surface area (Å²) >= 11 is 0. The van der Waals surface area contributed by atoms with E-state index >= 15 is 0 Å². The lowest BCUT2D eigenvalue weighted by Crippen LogP contribution is -2.21. The van der Waals surface area contributed by atoms with E-state index in [1.54, 1.807) is 6.20 Å². The van der Waals surface area contributed by atoms with Crippen LogP contribution in [0.5, 0.6) is 0 Å². The summed E-state index contributed by atoms with van der Waals surface area (Å²) in [6.45, 7) is 3.84. The molecule has 23 heavy (non-hydrogen) atoms. The molecule has 0 aliphatic heterocycles. The minimum absolute atomic E-state index is 0.163. The highest BCUT2D eigenvalue weighted by atomic mass is 19.1. The summed E-state index contributed by atoms with van der Waals surface area (Å²) in [5, 5.41) is 0. The standard InChI is InChI=1S/C19H27FN2O/c1-2-3-4-5-14-23-19(15-22-13-12-21-16-22)11-8-17-6-9-18(20)10-7-17/h6-7,9-10,12-13,16,19H,2-5,8,11,14-15H2,1H3. The summed E-state index contributed by atoms with van der Waals surface area (Å²) in [6.07, 6.45) is 12.4. The fourth-order valence-electron chi connectivity index (χ4n) is 2.61. The van der Waals surface area contributed by atoms with Crippen molar-refractivity contribution in [2.75, 3.05) is 6.61 Å². The maximum Gasteiger partial charge on any atom is 0.123 e. The monoisotopic (exact) mass is 318 g/mol. The smallest absolute Gasteiger partial charge is 0.123 e. The second-order valence-corrected chi connectivity index (χ2v) is 5.98. The summed E-state index contributed by atoms with van der Waals surface area (Å²) in [5.41, 5.74) is 1.15. The molecule has 1 aromatic carbocycles. The van der Waals surface area contributed by atoms with Crippen LogP contribution in [0.1, 0.15) is 44.6 Å². The van der Waals surface area contributed by atoms with Crippen LogP contribution in [0.4, 0.5) is 4.39 Å². The fourth-order valence-corrected chi connectivity index (χ4v) is 2.61. The lowest BCUT2D eigenvalue weighted by Gasteiger charge is -2.18. The molecule has 1 unspecified atom stereocenters. The zero-order chi connectivity index (χ0) is 16.3. The van der Waals surface area contributed by atoms with E-state index in [4.69, 9.17) is 4.74 Å². The van der Waals surface area contributed by atoms with Crippen molar-refractivity contribution in [1.82, 2.24) is 9.55 Å². The highest BCUT2D eigenvalue weighted by Crippen LogP contribution is 2.12. The Kier molecular flexibility index (Phi) is 7.81. The second kappa shape index (κ2) is 10.2. The Hall–Kier alpha value is -1.68. The Balaban J connectivity index is 1.80. The lowest BCUT2D eigenvalue weighted by atomic mass is 10.1. The van der Waals surface area contributed by atoms with Crippen LogP contribution >= 0.6 is 0 Å². The number of nitrogens with zero attached hydrogens (tertiary/aromatic N) is 2. The minimum Gasteiger partial charge on any atom is -0.376 e. The molecule has 0 spiro atoms. The number of aromatic nitrogens is 2. The summed E-state index contributed by atoms with van der Waals surface area (Å²) in [4.78, 5) is 4.09. The van der Waals surface area contributed by atoms with Gasteiger partial charge in [0.1, 0.15) is 5.82 Å². The first-order valence-electron chi connectivity index (χ1n) is 8.59. The van der Waals surface area contributed by atoms with Gasteiger partial charge in [-0.1, -0.05) is 38.3 Å². The molecule has 0 aliphatic carbocycles. The number of rotatable bonds is 11. The number of ether oxygens (including phenoxy) is 1. The van der Waals surface area contributed by atoms with Crippen LogP contribution in [-0.2, 0) is 17.7 Å². The molecule has 2 aromatic rings. The Morgan fingerprint density at radius 2 is 2.00 bits per heavy atom. The van der Waals surface area contributed by atoms with Crippen molar-refractivity contribution < 1.29 is 9.13 Å². The predicted octanol–water partition coefficient (Wildman–Crippen LogP) is 4.62. The average molecular weight is 318 g/mol. The van der Waals surface area contributed by atoms with Gasteiger partial charge in [0.05, 0.1) is 12.4 Å². The van der Waals surface area contributed by atoms with Gasteiger partial charge in [-0.3, -0.25) is 0 Å². The molecule has 1 atom stereocenters. The molecule has 1 aromatic heterocycles. The van der Waals surface area contributed by atoms with E-state index in [1.165, 1.54) is 31.4 Å². The van der Waals surface area contributed by atoms with Crippen LogP contribution in [0.3, 0.4) is 0 Å². The van der Waals surface area contributed by atoms with Gasteiger partial charge in [-0.05, 0) is 37.0 Å². The molecular formula is C19H27FN2O. The maximum atomic E-state index is 13.0. The van der Waals surface area contributed by atoms with Gasteiger partial charge < -0.3 is 9.30 Å². The topological polar surface area (TPSA) is 27.1 Å². The van der Waals surface area contributed by atoms with Crippen LogP contribution < -0.4 is 0 Å². The number of unbranched alkanes of at least 4 members (excludes halogenated alkanes) is 3. The molecule has 0 saturated heterocycles. The SMILES string of the molecule is CCCCCCOC(CCc1ccc(F)cc1)Cn1ccnc1. The minimum atomic E-state index is -0.184. The normalized spacial score (nSPS) is 12.4. The van der Waals surface area contributed by atoms with Crippen molar-refractivity contribution in [2.45, 2.75) is 58.1 Å². The first kappa shape index (κ1) is 17.7. The molecule has 4 heteroatoms. The lowest BCUT2D eigenvalue weighted by molar-refractivity contribution is 0.0336. The van der Waals surface area contributed by atoms with Crippen molar-refractivity contribution in [1.29, 1.82) is 0 Å². The fraction of sp³-hybridized carbons (Fsp3) is 0.526. The zero-order valence-electron chi connectivity index (χ0n) is 14.0. The number of halogens is 1. The Morgan fingerprint density at radius 3 is 2.70 bits per heavy atom. The summed E-state index contributed by atoms with van der Waals surface area (Å²) in [6, 6.07) is 6.74. The molecule has 0 bridgehead atoms. The summed E-state index contributed by atoms with van der Waals surface area (Å²) in [5.74, 6) is -0.184. The number of hydrogen-bond acceptors (Lipinski definition) is 2. The van der Waals surface area contributed by atoms with Crippen molar-refractivity contribution >= 4 is 0 Å². The molecule has 3 nitrogen and oxygen atoms in total. The Bertz CT molecular complexity index is 525. The van der Waals surface area contributed by atoms with Gasteiger partial charge in [-0.25, -0.2) is 9.37 Å². The third kappa shape index (κ3) is 6.95. The molecular weight excluding hydrogens is 291 g/mol. The van der Waals surface area contributed by atoms with Gasteiger partial charge in [0.25, 0.3) is 0 Å². The molecule has 0 aliphatic rings. The molecule has 1 heterocycles. The molecule has 0 amide bonds. The largest absolute Gasteiger partial charge is 0.376 e. The molecule has 0 saturated carbocycles. The van der Waals surface area contributed by atoms with Gasteiger partial charge >= 0.3 is 0 Å². The van der Waals surface area contributed by atoms with E-state index in [0.29, 0.717) is 0 Å². The van der Waals surface area contributed by atoms with Crippen LogP contribution in [-0.4, -0.2) is 22.3 Å². The molecule has 126 valence electrons. The number of imidazole rings is 1. The van der Waals surface area contributed by atoms with Gasteiger partial charge in [-0.15, -0.1) is 0 Å². The number of aryl methyl sites for hydroxylation is 1. The Morgan fingerprint density at radius 1 is 1.17 bits per heavy atom. The van der Waals surface area contributed by atoms with E-state index in [0.717, 1.165) is 38.0 Å². The van der Waals surface area contributed by atoms with Crippen molar-refractivity contribution in [3.63, 3.8) is 0 Å². The highest BCUT2D eigenvalue weighted by Gasteiger charge is 2.10. The van der Waals surface area contributed by atoms with Gasteiger partial charge in [0.15, 0.2) is 0 Å². The number of hydrogen-bond donors (Lipinski definition) is 0. The third-order valence-electron chi connectivity index (χ3n) is 3.99. The third-order valence-corrected chi connectivity index (χ3v) is 3.99. The maximum absolute atomic E-state index is 13.0. The predicted molar refractivity (Wildman–Crippen MR) is 90.8 cm³/mol. The molecule has 0 N–H and O–H groups in total. The van der Waals surface area contributed by atoms with Crippen molar-refractivity contribution in [2.24, 2.45) is 0 Å². The van der Waals surface area contributed by atoms with Crippen LogP contribution in [0.15, 0.2) is 43.0 Å². The second-order valence-electron chi connectivity index (χ2n) is 5.98. The van der Waals surface area contributed by atoms with Crippen molar-refractivity contribution in [3.8, 4) is 0 Å². The number of benzene rings is 1. The first-order valence-corrected chi connectivity index (χ1v) is 8.59. The summed E-state index contributed by atoms with van der Waals surface area (Å²) < 4.78 is 21.1. The van der Waals surface area contributed by atoms with Crippen LogP contribution in [0.25, 0.3) is 0 Å².